The van der Waals surface area contributed by atoms with Crippen molar-refractivity contribution >= 4 is 11.5 Å². The van der Waals surface area contributed by atoms with Crippen LogP contribution in [0, 0.1) is 18.8 Å². The van der Waals surface area contributed by atoms with Crippen LogP contribution in [0.5, 0.6) is 0 Å². The lowest BCUT2D eigenvalue weighted by molar-refractivity contribution is 0.127. The van der Waals surface area contributed by atoms with Crippen LogP contribution in [0.3, 0.4) is 0 Å². The second kappa shape index (κ2) is 7.54. The molecule has 7 nitrogen and oxygen atoms in total. The minimum absolute atomic E-state index is 0.648. The Morgan fingerprint density at radius 3 is 2.46 bits per heavy atom. The third-order valence-electron chi connectivity index (χ3n) is 6.52. The molecule has 0 N–H and O–H groups in total. The van der Waals surface area contributed by atoms with E-state index in [-0.39, 0.29) is 0 Å². The van der Waals surface area contributed by atoms with Gasteiger partial charge in [-0.25, -0.2) is 4.52 Å². The molecule has 5 heterocycles. The molecule has 0 radical (unpaired) electrons. The van der Waals surface area contributed by atoms with Crippen LogP contribution < -0.4 is 4.90 Å². The molecular formula is C21H28N6O. The summed E-state index contributed by atoms with van der Waals surface area (Å²) in [4.78, 5) is 9.23. The van der Waals surface area contributed by atoms with Crippen molar-refractivity contribution in [1.29, 1.82) is 0 Å². The minimum atomic E-state index is 0.648. The molecule has 0 saturated carbocycles. The summed E-state index contributed by atoms with van der Waals surface area (Å²) in [5, 5.41) is 8.55. The van der Waals surface area contributed by atoms with Gasteiger partial charge < -0.3 is 9.42 Å². The molecule has 0 aromatic carbocycles. The number of piperidine rings is 2. The van der Waals surface area contributed by atoms with Gasteiger partial charge in [-0.05, 0) is 74.0 Å². The number of aryl methyl sites for hydroxylation is 1. The number of hydrogen-bond donors (Lipinski definition) is 0. The summed E-state index contributed by atoms with van der Waals surface area (Å²) in [5.41, 5.74) is 2.46. The van der Waals surface area contributed by atoms with Crippen LogP contribution in [0.15, 0.2) is 35.0 Å². The summed E-state index contributed by atoms with van der Waals surface area (Å²) < 4.78 is 7.20. The van der Waals surface area contributed by atoms with Gasteiger partial charge in [-0.2, -0.15) is 10.1 Å². The first-order valence-electron chi connectivity index (χ1n) is 10.5. The van der Waals surface area contributed by atoms with Crippen molar-refractivity contribution < 1.29 is 4.52 Å². The van der Waals surface area contributed by atoms with Gasteiger partial charge in [0.25, 0.3) is 5.95 Å². The second-order valence-corrected chi connectivity index (χ2v) is 8.24. The van der Waals surface area contributed by atoms with E-state index in [1.165, 1.54) is 50.0 Å². The first-order valence-corrected chi connectivity index (χ1v) is 10.5. The first-order chi connectivity index (χ1) is 13.8. The van der Waals surface area contributed by atoms with Crippen molar-refractivity contribution in [3.05, 3.63) is 42.0 Å². The summed E-state index contributed by atoms with van der Waals surface area (Å²) in [6.07, 6.45) is 6.98. The average Bonchev–Trinajstić information content (AvgIpc) is 3.38. The molecular weight excluding hydrogens is 352 g/mol. The van der Waals surface area contributed by atoms with E-state index in [2.05, 4.69) is 53.8 Å². The fourth-order valence-corrected chi connectivity index (χ4v) is 4.93. The Labute approximate surface area is 165 Å². The fraction of sp³-hybridized carbons (Fsp3) is 0.571. The highest BCUT2D eigenvalue weighted by molar-refractivity contribution is 5.46. The Balaban J connectivity index is 1.13. The van der Waals surface area contributed by atoms with E-state index in [9.17, 15) is 0 Å². The molecule has 0 spiro atoms. The van der Waals surface area contributed by atoms with E-state index in [0.717, 1.165) is 37.4 Å². The maximum atomic E-state index is 5.13. The van der Waals surface area contributed by atoms with Crippen molar-refractivity contribution in [1.82, 2.24) is 24.7 Å². The molecule has 2 fully saturated rings. The van der Waals surface area contributed by atoms with Crippen molar-refractivity contribution in [2.45, 2.75) is 39.2 Å². The lowest BCUT2D eigenvalue weighted by Gasteiger charge is -2.39. The van der Waals surface area contributed by atoms with Crippen LogP contribution in [0.25, 0.3) is 5.52 Å². The van der Waals surface area contributed by atoms with Gasteiger partial charge in [0.2, 0.25) is 5.89 Å². The molecule has 3 aromatic rings. The Bertz CT molecular complexity index is 918. The SMILES string of the molecule is Cc1nc(N2CCC(C3CCN(Cc4cccc5ccnn45)CC3)CC2)no1. The lowest BCUT2D eigenvalue weighted by Crippen LogP contribution is -2.41. The standard InChI is InChI=1S/C21H28N6O/c1-16-23-21(24-28-16)26-13-8-18(9-14-26)17-6-11-25(12-7-17)15-20-4-2-3-19-5-10-22-27(19)20/h2-5,10,17-18H,6-9,11-15H2,1H3. The highest BCUT2D eigenvalue weighted by Gasteiger charge is 2.30. The molecule has 2 saturated heterocycles. The molecule has 2 aliphatic heterocycles. The zero-order valence-corrected chi connectivity index (χ0v) is 16.5. The molecule has 0 atom stereocenters. The molecule has 28 heavy (non-hydrogen) atoms. The lowest BCUT2D eigenvalue weighted by atomic mass is 9.79. The number of hydrogen-bond acceptors (Lipinski definition) is 6. The van der Waals surface area contributed by atoms with Crippen molar-refractivity contribution in [3.63, 3.8) is 0 Å². The molecule has 7 heteroatoms. The summed E-state index contributed by atoms with van der Waals surface area (Å²) in [6.45, 7) is 7.31. The molecule has 2 aliphatic rings. The summed E-state index contributed by atoms with van der Waals surface area (Å²) >= 11 is 0. The Morgan fingerprint density at radius 2 is 1.75 bits per heavy atom. The third-order valence-corrected chi connectivity index (χ3v) is 6.52. The predicted molar refractivity (Wildman–Crippen MR) is 107 cm³/mol. The maximum Gasteiger partial charge on any atom is 0.266 e. The molecule has 5 rings (SSSR count). The number of rotatable bonds is 4. The first kappa shape index (κ1) is 17.7. The zero-order chi connectivity index (χ0) is 18.9. The quantitative estimate of drug-likeness (QED) is 0.693. The summed E-state index contributed by atoms with van der Waals surface area (Å²) in [6, 6.07) is 8.52. The smallest absolute Gasteiger partial charge is 0.266 e. The third kappa shape index (κ3) is 3.51. The van der Waals surface area contributed by atoms with E-state index in [1.807, 2.05) is 13.1 Å². The largest absolute Gasteiger partial charge is 0.338 e. The second-order valence-electron chi connectivity index (χ2n) is 8.24. The minimum Gasteiger partial charge on any atom is -0.338 e. The number of aromatic nitrogens is 4. The Kier molecular flexibility index (Phi) is 4.76. The number of anilines is 1. The van der Waals surface area contributed by atoms with E-state index in [0.29, 0.717) is 5.89 Å². The van der Waals surface area contributed by atoms with Crippen molar-refractivity contribution in [3.8, 4) is 0 Å². The highest BCUT2D eigenvalue weighted by Crippen LogP contribution is 2.33. The summed E-state index contributed by atoms with van der Waals surface area (Å²) in [5.74, 6) is 3.10. The molecule has 3 aromatic heterocycles. The van der Waals surface area contributed by atoms with E-state index >= 15 is 0 Å². The van der Waals surface area contributed by atoms with Crippen LogP contribution in [-0.4, -0.2) is 50.8 Å². The van der Waals surface area contributed by atoms with Crippen LogP contribution in [-0.2, 0) is 6.54 Å². The fourth-order valence-electron chi connectivity index (χ4n) is 4.93. The Morgan fingerprint density at radius 1 is 1.00 bits per heavy atom. The van der Waals surface area contributed by atoms with Crippen LogP contribution in [0.1, 0.15) is 37.3 Å². The maximum absolute atomic E-state index is 5.13. The number of nitrogens with zero attached hydrogens (tertiary/aromatic N) is 6. The van der Waals surface area contributed by atoms with Gasteiger partial charge in [0, 0.05) is 32.8 Å². The monoisotopic (exact) mass is 380 g/mol. The van der Waals surface area contributed by atoms with Crippen LogP contribution in [0.4, 0.5) is 5.95 Å². The predicted octanol–water partition coefficient (Wildman–Crippen LogP) is 3.15. The molecule has 0 bridgehead atoms. The van der Waals surface area contributed by atoms with E-state index in [1.54, 1.807) is 0 Å². The molecule has 0 amide bonds. The molecule has 148 valence electrons. The summed E-state index contributed by atoms with van der Waals surface area (Å²) in [7, 11) is 0. The Hall–Kier alpha value is -2.41. The van der Waals surface area contributed by atoms with Crippen molar-refractivity contribution in [2.24, 2.45) is 11.8 Å². The van der Waals surface area contributed by atoms with Gasteiger partial charge in [-0.1, -0.05) is 6.07 Å². The van der Waals surface area contributed by atoms with Gasteiger partial charge in [0.05, 0.1) is 11.2 Å². The number of fused-ring (bicyclic) bond motifs is 1. The van der Waals surface area contributed by atoms with Crippen molar-refractivity contribution in [2.75, 3.05) is 31.1 Å². The van der Waals surface area contributed by atoms with E-state index in [4.69, 9.17) is 4.52 Å². The average molecular weight is 380 g/mol. The van der Waals surface area contributed by atoms with Crippen LogP contribution in [0.2, 0.25) is 0 Å². The normalized spacial score (nSPS) is 20.2. The van der Waals surface area contributed by atoms with Gasteiger partial charge in [-0.3, -0.25) is 4.90 Å². The zero-order valence-electron chi connectivity index (χ0n) is 16.5. The van der Waals surface area contributed by atoms with Gasteiger partial charge in [-0.15, -0.1) is 0 Å². The number of likely N-dealkylation sites (tertiary alicyclic amines) is 1. The number of pyridine rings is 1. The topological polar surface area (TPSA) is 62.7 Å². The van der Waals surface area contributed by atoms with Gasteiger partial charge >= 0.3 is 0 Å². The van der Waals surface area contributed by atoms with Gasteiger partial charge in [0.15, 0.2) is 0 Å². The van der Waals surface area contributed by atoms with Crippen LogP contribution >= 0.6 is 0 Å². The highest BCUT2D eigenvalue weighted by atomic mass is 16.5. The van der Waals surface area contributed by atoms with E-state index < -0.39 is 0 Å². The molecule has 0 aliphatic carbocycles. The van der Waals surface area contributed by atoms with Gasteiger partial charge in [0.1, 0.15) is 0 Å². The molecule has 0 unspecified atom stereocenters.